The first-order chi connectivity index (χ1) is 9.12. The van der Waals surface area contributed by atoms with Crippen molar-refractivity contribution in [3.8, 4) is 0 Å². The average Bonchev–Trinajstić information content (AvgIpc) is 2.40. The predicted octanol–water partition coefficient (Wildman–Crippen LogP) is 3.45. The van der Waals surface area contributed by atoms with Crippen molar-refractivity contribution < 1.29 is 18.4 Å². The number of Topliss-reactive ketones (excluding diaryl/α,β-unsaturated/α-hetero) is 1. The van der Waals surface area contributed by atoms with Crippen molar-refractivity contribution >= 4 is 13.4 Å². The standard InChI is InChI=1S/C14H19O4P/c1-3-17-19(16,18-4-2)13-10-9-11-7-5-6-8-12(11)14(13)15/h5-8,13H,3-4,9-10H2,1-2H3/t13-/m0/s1. The van der Waals surface area contributed by atoms with Gasteiger partial charge in [-0.05, 0) is 32.3 Å². The number of fused-ring (bicyclic) bond motifs is 1. The maximum Gasteiger partial charge on any atom is 0.341 e. The molecule has 5 heteroatoms. The number of benzene rings is 1. The summed E-state index contributed by atoms with van der Waals surface area (Å²) in [4.78, 5) is 12.5. The molecule has 0 saturated heterocycles. The molecule has 0 aromatic heterocycles. The largest absolute Gasteiger partial charge is 0.341 e. The Labute approximate surface area is 113 Å². The lowest BCUT2D eigenvalue weighted by Gasteiger charge is -2.29. The van der Waals surface area contributed by atoms with E-state index >= 15 is 0 Å². The Bertz CT molecular complexity index is 502. The minimum atomic E-state index is -3.36. The second kappa shape index (κ2) is 6.00. The lowest BCUT2D eigenvalue weighted by atomic mass is 9.90. The minimum Gasteiger partial charge on any atom is -0.308 e. The lowest BCUT2D eigenvalue weighted by Crippen LogP contribution is -2.29. The third kappa shape index (κ3) is 2.81. The van der Waals surface area contributed by atoms with Gasteiger partial charge in [0.2, 0.25) is 0 Å². The molecule has 4 nitrogen and oxygen atoms in total. The van der Waals surface area contributed by atoms with Crippen LogP contribution in [0.2, 0.25) is 0 Å². The zero-order valence-electron chi connectivity index (χ0n) is 11.3. The van der Waals surface area contributed by atoms with E-state index in [1.54, 1.807) is 19.9 Å². The summed E-state index contributed by atoms with van der Waals surface area (Å²) < 4.78 is 23.3. The van der Waals surface area contributed by atoms with Crippen molar-refractivity contribution in [1.82, 2.24) is 0 Å². The summed E-state index contributed by atoms with van der Waals surface area (Å²) in [6.45, 7) is 4.07. The van der Waals surface area contributed by atoms with Gasteiger partial charge in [-0.3, -0.25) is 9.36 Å². The van der Waals surface area contributed by atoms with E-state index < -0.39 is 13.3 Å². The van der Waals surface area contributed by atoms with Gasteiger partial charge < -0.3 is 9.05 Å². The molecule has 0 unspecified atom stereocenters. The van der Waals surface area contributed by atoms with Gasteiger partial charge in [0, 0.05) is 5.56 Å². The van der Waals surface area contributed by atoms with Crippen LogP contribution in [0.5, 0.6) is 0 Å². The van der Waals surface area contributed by atoms with Crippen LogP contribution in [-0.2, 0) is 20.0 Å². The monoisotopic (exact) mass is 282 g/mol. The molecular formula is C14H19O4P. The molecule has 1 aliphatic carbocycles. The fourth-order valence-corrected chi connectivity index (χ4v) is 4.49. The molecule has 2 rings (SSSR count). The van der Waals surface area contributed by atoms with Gasteiger partial charge >= 0.3 is 7.60 Å². The highest BCUT2D eigenvalue weighted by Crippen LogP contribution is 2.56. The van der Waals surface area contributed by atoms with Crippen molar-refractivity contribution in [3.05, 3.63) is 35.4 Å². The Morgan fingerprint density at radius 1 is 1.21 bits per heavy atom. The number of carbonyl (C=O) groups excluding carboxylic acids is 1. The molecule has 1 aromatic carbocycles. The van der Waals surface area contributed by atoms with E-state index in [-0.39, 0.29) is 19.0 Å². The molecule has 1 aromatic rings. The maximum atomic E-state index is 12.7. The number of carbonyl (C=O) groups is 1. The highest BCUT2D eigenvalue weighted by atomic mass is 31.2. The molecule has 104 valence electrons. The molecule has 0 N–H and O–H groups in total. The number of aryl methyl sites for hydroxylation is 1. The van der Waals surface area contributed by atoms with Crippen LogP contribution in [0, 0.1) is 0 Å². The number of rotatable bonds is 5. The molecular weight excluding hydrogens is 263 g/mol. The van der Waals surface area contributed by atoms with Gasteiger partial charge in [0.05, 0.1) is 13.2 Å². The predicted molar refractivity (Wildman–Crippen MR) is 73.7 cm³/mol. The van der Waals surface area contributed by atoms with Crippen LogP contribution in [-0.4, -0.2) is 24.7 Å². The van der Waals surface area contributed by atoms with Crippen LogP contribution in [0.15, 0.2) is 24.3 Å². The van der Waals surface area contributed by atoms with Crippen molar-refractivity contribution in [1.29, 1.82) is 0 Å². The molecule has 1 atom stereocenters. The van der Waals surface area contributed by atoms with Crippen LogP contribution in [0.25, 0.3) is 0 Å². The molecule has 0 fully saturated rings. The number of hydrogen-bond acceptors (Lipinski definition) is 4. The van der Waals surface area contributed by atoms with Gasteiger partial charge in [0.25, 0.3) is 0 Å². The first-order valence-corrected chi connectivity index (χ1v) is 8.24. The van der Waals surface area contributed by atoms with Crippen LogP contribution in [0.4, 0.5) is 0 Å². The van der Waals surface area contributed by atoms with E-state index in [0.717, 1.165) is 12.0 Å². The first-order valence-electron chi connectivity index (χ1n) is 6.63. The van der Waals surface area contributed by atoms with Crippen LogP contribution in [0.1, 0.15) is 36.2 Å². The zero-order valence-corrected chi connectivity index (χ0v) is 12.2. The van der Waals surface area contributed by atoms with E-state index in [1.807, 2.05) is 18.2 Å². The highest BCUT2D eigenvalue weighted by molar-refractivity contribution is 7.55. The van der Waals surface area contributed by atoms with Crippen LogP contribution in [0.3, 0.4) is 0 Å². The Morgan fingerprint density at radius 3 is 2.47 bits per heavy atom. The summed E-state index contributed by atoms with van der Waals surface area (Å²) in [6, 6.07) is 7.46. The molecule has 0 spiro atoms. The maximum absolute atomic E-state index is 12.7. The fraction of sp³-hybridized carbons (Fsp3) is 0.500. The molecule has 1 aliphatic rings. The third-order valence-corrected chi connectivity index (χ3v) is 5.76. The van der Waals surface area contributed by atoms with Crippen molar-refractivity contribution in [2.75, 3.05) is 13.2 Å². The molecule has 0 bridgehead atoms. The third-order valence-electron chi connectivity index (χ3n) is 3.27. The summed E-state index contributed by atoms with van der Waals surface area (Å²) in [7, 11) is -3.36. The summed E-state index contributed by atoms with van der Waals surface area (Å²) >= 11 is 0. The normalized spacial score (nSPS) is 19.3. The van der Waals surface area contributed by atoms with Crippen LogP contribution < -0.4 is 0 Å². The summed E-state index contributed by atoms with van der Waals surface area (Å²) in [5.74, 6) is -0.118. The minimum absolute atomic E-state index is 0.118. The Kier molecular flexibility index (Phi) is 4.56. The molecule has 0 saturated carbocycles. The summed E-state index contributed by atoms with van der Waals surface area (Å²) in [5, 5.41) is 0. The van der Waals surface area contributed by atoms with E-state index in [9.17, 15) is 9.36 Å². The topological polar surface area (TPSA) is 52.6 Å². The van der Waals surface area contributed by atoms with Gasteiger partial charge in [-0.15, -0.1) is 0 Å². The second-order valence-corrected chi connectivity index (χ2v) is 6.67. The van der Waals surface area contributed by atoms with E-state index in [2.05, 4.69) is 0 Å². The van der Waals surface area contributed by atoms with Gasteiger partial charge in [0.15, 0.2) is 5.78 Å². The number of ketones is 1. The second-order valence-electron chi connectivity index (χ2n) is 4.45. The summed E-state index contributed by atoms with van der Waals surface area (Å²) in [5.41, 5.74) is 1.00. The van der Waals surface area contributed by atoms with Gasteiger partial charge in [0.1, 0.15) is 5.66 Å². The molecule has 0 aliphatic heterocycles. The summed E-state index contributed by atoms with van der Waals surface area (Å²) in [6.07, 6.45) is 1.25. The van der Waals surface area contributed by atoms with Crippen LogP contribution >= 0.6 is 7.60 Å². The van der Waals surface area contributed by atoms with Crippen molar-refractivity contribution in [3.63, 3.8) is 0 Å². The van der Waals surface area contributed by atoms with Crippen molar-refractivity contribution in [2.24, 2.45) is 0 Å². The molecule has 19 heavy (non-hydrogen) atoms. The Balaban J connectivity index is 2.32. The zero-order chi connectivity index (χ0) is 13.9. The quantitative estimate of drug-likeness (QED) is 0.776. The lowest BCUT2D eigenvalue weighted by molar-refractivity contribution is 0.0955. The van der Waals surface area contributed by atoms with Crippen molar-refractivity contribution in [2.45, 2.75) is 32.3 Å². The van der Waals surface area contributed by atoms with E-state index in [4.69, 9.17) is 9.05 Å². The van der Waals surface area contributed by atoms with E-state index in [0.29, 0.717) is 12.0 Å². The average molecular weight is 282 g/mol. The van der Waals surface area contributed by atoms with Gasteiger partial charge in [-0.25, -0.2) is 0 Å². The highest BCUT2D eigenvalue weighted by Gasteiger charge is 2.43. The van der Waals surface area contributed by atoms with E-state index in [1.165, 1.54) is 0 Å². The Hall–Kier alpha value is -0.960. The fourth-order valence-electron chi connectivity index (χ4n) is 2.46. The SMILES string of the molecule is CCOP(=O)(OCC)[C@H]1CCc2ccccc2C1=O. The first kappa shape index (κ1) is 14.4. The smallest absolute Gasteiger partial charge is 0.308 e. The number of hydrogen-bond donors (Lipinski definition) is 0. The van der Waals surface area contributed by atoms with Gasteiger partial charge in [-0.2, -0.15) is 0 Å². The Morgan fingerprint density at radius 2 is 1.84 bits per heavy atom. The molecule has 0 heterocycles. The molecule has 0 radical (unpaired) electrons. The van der Waals surface area contributed by atoms with Gasteiger partial charge in [-0.1, -0.05) is 24.3 Å². The molecule has 0 amide bonds.